The van der Waals surface area contributed by atoms with E-state index in [1.807, 2.05) is 24.3 Å². The number of hydrogen-bond donors (Lipinski definition) is 1. The highest BCUT2D eigenvalue weighted by Gasteiger charge is 2.40. The van der Waals surface area contributed by atoms with Gasteiger partial charge < -0.3 is 14.7 Å². The first-order chi connectivity index (χ1) is 9.28. The van der Waals surface area contributed by atoms with Crippen LogP contribution in [0.2, 0.25) is 0 Å². The number of para-hydroxylation sites is 1. The van der Waals surface area contributed by atoms with E-state index in [-0.39, 0.29) is 24.7 Å². The smallest absolute Gasteiger partial charge is 0.410 e. The van der Waals surface area contributed by atoms with Crippen LogP contribution in [0.4, 0.5) is 4.79 Å². The summed E-state index contributed by atoms with van der Waals surface area (Å²) in [5, 5.41) is 9.39. The van der Waals surface area contributed by atoms with Crippen LogP contribution in [0.25, 0.3) is 0 Å². The van der Waals surface area contributed by atoms with Crippen molar-refractivity contribution in [3.63, 3.8) is 0 Å². The van der Waals surface area contributed by atoms with Crippen LogP contribution < -0.4 is 4.74 Å². The molecule has 0 saturated carbocycles. The molecule has 4 heteroatoms. The highest BCUT2D eigenvalue weighted by atomic mass is 16.6. The second kappa shape index (κ2) is 5.05. The number of ether oxygens (including phenoxy) is 1. The molecule has 2 bridgehead atoms. The minimum Gasteiger partial charge on any atom is -0.410 e. The Kier molecular flexibility index (Phi) is 3.25. The Morgan fingerprint density at radius 3 is 2.79 bits per heavy atom. The van der Waals surface area contributed by atoms with Gasteiger partial charge in [0.05, 0.1) is 6.04 Å². The summed E-state index contributed by atoms with van der Waals surface area (Å²) in [6.45, 7) is 0.796. The fourth-order valence-electron chi connectivity index (χ4n) is 2.93. The van der Waals surface area contributed by atoms with Gasteiger partial charge in [0.15, 0.2) is 0 Å². The van der Waals surface area contributed by atoms with Gasteiger partial charge in [0.25, 0.3) is 0 Å². The van der Waals surface area contributed by atoms with Gasteiger partial charge in [-0.3, -0.25) is 0 Å². The molecular weight excluding hydrogens is 242 g/mol. The first kappa shape index (κ1) is 12.2. The highest BCUT2D eigenvalue weighted by molar-refractivity contribution is 5.72. The first-order valence-corrected chi connectivity index (χ1v) is 6.60. The van der Waals surface area contributed by atoms with Crippen LogP contribution >= 0.6 is 0 Å². The number of piperidine rings is 1. The van der Waals surface area contributed by atoms with Crippen molar-refractivity contribution in [3.05, 3.63) is 42.5 Å². The molecule has 0 spiro atoms. The summed E-state index contributed by atoms with van der Waals surface area (Å²) in [7, 11) is 0. The number of hydrogen-bond acceptors (Lipinski definition) is 3. The monoisotopic (exact) mass is 259 g/mol. The maximum absolute atomic E-state index is 12.2. The van der Waals surface area contributed by atoms with Crippen molar-refractivity contribution < 1.29 is 14.6 Å². The standard InChI is InChI=1S/C15H17NO3/c17-10-12-8-11-6-7-14(12)16(9-11)15(18)19-13-4-2-1-3-5-13/h1-7,11-12,14,17H,8-10H2/t11-,12-,14+/m1/s1. The van der Waals surface area contributed by atoms with E-state index >= 15 is 0 Å². The largest absolute Gasteiger partial charge is 0.415 e. The average molecular weight is 259 g/mol. The summed E-state index contributed by atoms with van der Waals surface area (Å²) in [6.07, 6.45) is 4.78. The number of carbonyl (C=O) groups excluding carboxylic acids is 1. The van der Waals surface area contributed by atoms with Crippen LogP contribution in [0.3, 0.4) is 0 Å². The third kappa shape index (κ3) is 2.36. The summed E-state index contributed by atoms with van der Waals surface area (Å²) in [5.41, 5.74) is 0. The summed E-state index contributed by atoms with van der Waals surface area (Å²) in [6, 6.07) is 9.04. The van der Waals surface area contributed by atoms with E-state index in [0.29, 0.717) is 18.2 Å². The van der Waals surface area contributed by atoms with Crippen LogP contribution in [0.1, 0.15) is 6.42 Å². The molecule has 1 amide bonds. The molecule has 1 saturated heterocycles. The molecule has 1 fully saturated rings. The van der Waals surface area contributed by atoms with Crippen molar-refractivity contribution in [1.29, 1.82) is 0 Å². The summed E-state index contributed by atoms with van der Waals surface area (Å²) >= 11 is 0. The number of aliphatic hydroxyl groups is 1. The average Bonchev–Trinajstić information content (AvgIpc) is 2.48. The number of fused-ring (bicyclic) bond motifs is 2. The predicted molar refractivity (Wildman–Crippen MR) is 70.8 cm³/mol. The van der Waals surface area contributed by atoms with Gasteiger partial charge in [0.2, 0.25) is 0 Å². The van der Waals surface area contributed by atoms with E-state index in [4.69, 9.17) is 4.74 Å². The minimum atomic E-state index is -0.330. The third-order valence-electron chi connectivity index (χ3n) is 3.88. The molecule has 2 heterocycles. The molecule has 19 heavy (non-hydrogen) atoms. The molecular formula is C15H17NO3. The van der Waals surface area contributed by atoms with E-state index in [1.54, 1.807) is 17.0 Å². The van der Waals surface area contributed by atoms with Crippen molar-refractivity contribution in [3.8, 4) is 5.75 Å². The van der Waals surface area contributed by atoms with Gasteiger partial charge in [-0.05, 0) is 24.5 Å². The Hall–Kier alpha value is -1.81. The van der Waals surface area contributed by atoms with E-state index < -0.39 is 0 Å². The molecule has 3 atom stereocenters. The van der Waals surface area contributed by atoms with Gasteiger partial charge in [-0.25, -0.2) is 4.79 Å². The highest BCUT2D eigenvalue weighted by Crippen LogP contribution is 2.34. The molecule has 3 aliphatic rings. The summed E-state index contributed by atoms with van der Waals surface area (Å²) in [5.74, 6) is 1.02. The lowest BCUT2D eigenvalue weighted by Gasteiger charge is -2.45. The lowest BCUT2D eigenvalue weighted by atomic mass is 9.78. The van der Waals surface area contributed by atoms with Crippen molar-refractivity contribution in [1.82, 2.24) is 4.90 Å². The first-order valence-electron chi connectivity index (χ1n) is 6.60. The molecule has 4 nitrogen and oxygen atoms in total. The van der Waals surface area contributed by atoms with Crippen molar-refractivity contribution in [2.45, 2.75) is 12.5 Å². The number of carbonyl (C=O) groups is 1. The number of amides is 1. The molecule has 1 aliphatic carbocycles. The van der Waals surface area contributed by atoms with Crippen LogP contribution in [0, 0.1) is 11.8 Å². The summed E-state index contributed by atoms with van der Waals surface area (Å²) in [4.78, 5) is 13.9. The fourth-order valence-corrected chi connectivity index (χ4v) is 2.93. The second-order valence-electron chi connectivity index (χ2n) is 5.15. The van der Waals surface area contributed by atoms with E-state index in [1.165, 1.54) is 0 Å². The van der Waals surface area contributed by atoms with Gasteiger partial charge in [-0.1, -0.05) is 30.4 Å². The predicted octanol–water partition coefficient (Wildman–Crippen LogP) is 2.05. The molecule has 0 radical (unpaired) electrons. The van der Waals surface area contributed by atoms with E-state index in [9.17, 15) is 9.90 Å². The van der Waals surface area contributed by atoms with Gasteiger partial charge >= 0.3 is 6.09 Å². The lowest BCUT2D eigenvalue weighted by Crippen LogP contribution is -2.54. The number of nitrogens with zero attached hydrogens (tertiary/aromatic N) is 1. The van der Waals surface area contributed by atoms with Gasteiger partial charge in [-0.15, -0.1) is 0 Å². The van der Waals surface area contributed by atoms with Gasteiger partial charge in [-0.2, -0.15) is 0 Å². The molecule has 0 aromatic heterocycles. The second-order valence-corrected chi connectivity index (χ2v) is 5.15. The van der Waals surface area contributed by atoms with Crippen LogP contribution in [-0.4, -0.2) is 35.3 Å². The fraction of sp³-hybridized carbons (Fsp3) is 0.400. The zero-order chi connectivity index (χ0) is 13.2. The maximum atomic E-state index is 12.2. The van der Waals surface area contributed by atoms with Gasteiger partial charge in [0.1, 0.15) is 5.75 Å². The molecule has 1 N–H and O–H groups in total. The maximum Gasteiger partial charge on any atom is 0.415 e. The Balaban J connectivity index is 1.72. The Labute approximate surface area is 112 Å². The Morgan fingerprint density at radius 2 is 2.11 bits per heavy atom. The van der Waals surface area contributed by atoms with Crippen molar-refractivity contribution >= 4 is 6.09 Å². The van der Waals surface area contributed by atoms with Crippen LogP contribution in [0.5, 0.6) is 5.75 Å². The lowest BCUT2D eigenvalue weighted by molar-refractivity contribution is 0.0527. The Bertz CT molecular complexity index is 485. The quantitative estimate of drug-likeness (QED) is 0.827. The SMILES string of the molecule is O=C(Oc1ccccc1)N1C[C@@H]2C=C[C@H]1[C@@H](CO)C2. The zero-order valence-electron chi connectivity index (χ0n) is 10.6. The number of rotatable bonds is 2. The number of aliphatic hydroxyl groups excluding tert-OH is 1. The van der Waals surface area contributed by atoms with Crippen LogP contribution in [0.15, 0.2) is 42.5 Å². The van der Waals surface area contributed by atoms with Crippen molar-refractivity contribution in [2.24, 2.45) is 11.8 Å². The molecule has 4 rings (SSSR count). The topological polar surface area (TPSA) is 49.8 Å². The van der Waals surface area contributed by atoms with Crippen LogP contribution in [-0.2, 0) is 0 Å². The van der Waals surface area contributed by atoms with Crippen molar-refractivity contribution in [2.75, 3.05) is 13.2 Å². The molecule has 1 aromatic rings. The molecule has 2 aliphatic heterocycles. The van der Waals surface area contributed by atoms with Gasteiger partial charge in [0, 0.05) is 19.1 Å². The van der Waals surface area contributed by atoms with E-state index in [0.717, 1.165) is 6.42 Å². The molecule has 0 unspecified atom stereocenters. The zero-order valence-corrected chi connectivity index (χ0v) is 10.6. The molecule has 100 valence electrons. The molecule has 1 aromatic carbocycles. The third-order valence-corrected chi connectivity index (χ3v) is 3.88. The summed E-state index contributed by atoms with van der Waals surface area (Å²) < 4.78 is 5.37. The number of benzene rings is 1. The Morgan fingerprint density at radius 1 is 1.32 bits per heavy atom. The normalized spacial score (nSPS) is 28.5. The minimum absolute atomic E-state index is 0.0359. The van der Waals surface area contributed by atoms with E-state index in [2.05, 4.69) is 6.08 Å².